The molecule has 0 amide bonds. The molecule has 3 rings (SSSR count). The Morgan fingerprint density at radius 1 is 0.821 bits per heavy atom. The largest absolute Gasteiger partial charge is 0.493 e. The van der Waals surface area contributed by atoms with Crippen molar-refractivity contribution in [2.24, 2.45) is 0 Å². The van der Waals surface area contributed by atoms with Crippen LogP contribution in [0.4, 0.5) is 5.69 Å². The molecule has 0 N–H and O–H groups in total. The average molecular weight is 384 g/mol. The summed E-state index contributed by atoms with van der Waals surface area (Å²) < 4.78 is 23.9. The lowest BCUT2D eigenvalue weighted by Crippen LogP contribution is -2.08. The van der Waals surface area contributed by atoms with Crippen LogP contribution in [0.5, 0.6) is 23.0 Å². The van der Waals surface area contributed by atoms with Gasteiger partial charge in [0.2, 0.25) is 11.5 Å². The molecule has 2 aromatic carbocycles. The molecule has 0 saturated heterocycles. The van der Waals surface area contributed by atoms with Crippen LogP contribution in [0.3, 0.4) is 0 Å². The number of benzene rings is 2. The first-order valence-corrected chi connectivity index (χ1v) is 8.61. The molecule has 0 bridgehead atoms. The predicted octanol–water partition coefficient (Wildman–Crippen LogP) is 3.03. The second-order valence-corrected chi connectivity index (χ2v) is 6.17. The second-order valence-electron chi connectivity index (χ2n) is 6.17. The minimum Gasteiger partial charge on any atom is -0.493 e. The fraction of sp³-hybridized carbons (Fsp3) is 0.300. The maximum atomic E-state index is 5.64. The van der Waals surface area contributed by atoms with Crippen LogP contribution >= 0.6 is 0 Å². The van der Waals surface area contributed by atoms with E-state index >= 15 is 0 Å². The average Bonchev–Trinajstić information content (AvgIpc) is 3.21. The van der Waals surface area contributed by atoms with E-state index in [9.17, 15) is 0 Å². The zero-order valence-corrected chi connectivity index (χ0v) is 16.9. The molecule has 0 atom stereocenters. The summed E-state index contributed by atoms with van der Waals surface area (Å²) >= 11 is 0. The highest BCUT2D eigenvalue weighted by Gasteiger charge is 2.24. The molecule has 8 heteroatoms. The number of hydrogen-bond donors (Lipinski definition) is 0. The van der Waals surface area contributed by atoms with Crippen molar-refractivity contribution in [3.63, 3.8) is 0 Å². The van der Waals surface area contributed by atoms with Crippen molar-refractivity contribution in [3.8, 4) is 39.9 Å². The van der Waals surface area contributed by atoms with E-state index in [0.29, 0.717) is 23.0 Å². The molecule has 0 fully saturated rings. The Bertz CT molecular complexity index is 952. The summed E-state index contributed by atoms with van der Waals surface area (Å²) in [4.78, 5) is 2.04. The quantitative estimate of drug-likeness (QED) is 0.620. The third-order valence-corrected chi connectivity index (χ3v) is 4.42. The molecule has 0 radical (unpaired) electrons. The second kappa shape index (κ2) is 8.08. The lowest BCUT2D eigenvalue weighted by molar-refractivity contribution is 0.306. The van der Waals surface area contributed by atoms with Crippen LogP contribution in [0.1, 0.15) is 0 Å². The van der Waals surface area contributed by atoms with E-state index in [4.69, 9.17) is 18.9 Å². The van der Waals surface area contributed by atoms with Crippen LogP contribution < -0.4 is 23.8 Å². The van der Waals surface area contributed by atoms with Gasteiger partial charge in [-0.15, -0.1) is 5.10 Å². The number of nitrogens with zero attached hydrogens (tertiary/aromatic N) is 4. The smallest absolute Gasteiger partial charge is 0.207 e. The van der Waals surface area contributed by atoms with Crippen LogP contribution in [-0.2, 0) is 0 Å². The van der Waals surface area contributed by atoms with Gasteiger partial charge in [0.1, 0.15) is 0 Å². The van der Waals surface area contributed by atoms with E-state index < -0.39 is 0 Å². The number of anilines is 1. The summed E-state index contributed by atoms with van der Waals surface area (Å²) in [5.41, 5.74) is 3.41. The Balaban J connectivity index is 2.19. The molecular weight excluding hydrogens is 360 g/mol. The normalized spacial score (nSPS) is 10.5. The van der Waals surface area contributed by atoms with Gasteiger partial charge in [0.25, 0.3) is 0 Å². The Hall–Kier alpha value is -3.42. The monoisotopic (exact) mass is 384 g/mol. The molecule has 0 unspecified atom stereocenters. The molecular formula is C20H24N4O4. The van der Waals surface area contributed by atoms with Crippen molar-refractivity contribution >= 4 is 5.69 Å². The number of rotatable bonds is 7. The van der Waals surface area contributed by atoms with E-state index in [2.05, 4.69) is 10.3 Å². The molecule has 0 aliphatic rings. The molecule has 28 heavy (non-hydrogen) atoms. The van der Waals surface area contributed by atoms with Crippen LogP contribution in [0.25, 0.3) is 16.9 Å². The molecule has 0 aliphatic carbocycles. The minimum absolute atomic E-state index is 0.440. The fourth-order valence-electron chi connectivity index (χ4n) is 3.02. The van der Waals surface area contributed by atoms with Crippen molar-refractivity contribution in [2.75, 3.05) is 47.4 Å². The first-order chi connectivity index (χ1) is 13.5. The van der Waals surface area contributed by atoms with Gasteiger partial charge < -0.3 is 23.8 Å². The van der Waals surface area contributed by atoms with Gasteiger partial charge in [0, 0.05) is 19.8 Å². The zero-order chi connectivity index (χ0) is 20.3. The Morgan fingerprint density at radius 2 is 1.46 bits per heavy atom. The van der Waals surface area contributed by atoms with Crippen LogP contribution in [0, 0.1) is 0 Å². The number of methoxy groups -OCH3 is 4. The zero-order valence-electron chi connectivity index (χ0n) is 16.9. The summed E-state index contributed by atoms with van der Waals surface area (Å²) in [6, 6.07) is 9.83. The van der Waals surface area contributed by atoms with Gasteiger partial charge in [-0.3, -0.25) is 0 Å². The van der Waals surface area contributed by atoms with Gasteiger partial charge >= 0.3 is 0 Å². The molecule has 0 aliphatic heterocycles. The van der Waals surface area contributed by atoms with Crippen molar-refractivity contribution in [1.29, 1.82) is 0 Å². The van der Waals surface area contributed by atoms with Gasteiger partial charge in [-0.05, 0) is 30.3 Å². The van der Waals surface area contributed by atoms with Crippen LogP contribution in [0.15, 0.2) is 36.5 Å². The summed E-state index contributed by atoms with van der Waals surface area (Å²) in [7, 11) is 10.3. The highest BCUT2D eigenvalue weighted by Crippen LogP contribution is 2.50. The van der Waals surface area contributed by atoms with E-state index in [1.807, 2.05) is 49.3 Å². The highest BCUT2D eigenvalue weighted by molar-refractivity contribution is 5.78. The van der Waals surface area contributed by atoms with E-state index in [1.54, 1.807) is 39.3 Å². The van der Waals surface area contributed by atoms with Crippen molar-refractivity contribution < 1.29 is 18.9 Å². The Morgan fingerprint density at radius 3 is 2.00 bits per heavy atom. The number of aromatic nitrogens is 3. The van der Waals surface area contributed by atoms with Crippen molar-refractivity contribution in [2.45, 2.75) is 0 Å². The fourth-order valence-corrected chi connectivity index (χ4v) is 3.02. The first-order valence-electron chi connectivity index (χ1n) is 8.61. The molecule has 8 nitrogen and oxygen atoms in total. The molecule has 1 aromatic heterocycles. The molecule has 0 saturated carbocycles. The van der Waals surface area contributed by atoms with Crippen molar-refractivity contribution in [3.05, 3.63) is 36.5 Å². The van der Waals surface area contributed by atoms with Gasteiger partial charge in [0.05, 0.1) is 51.6 Å². The van der Waals surface area contributed by atoms with E-state index in [0.717, 1.165) is 22.6 Å². The van der Waals surface area contributed by atoms with Gasteiger partial charge in [0.15, 0.2) is 11.5 Å². The maximum absolute atomic E-state index is 5.64. The summed E-state index contributed by atoms with van der Waals surface area (Å²) in [6.45, 7) is 0. The van der Waals surface area contributed by atoms with Gasteiger partial charge in [-0.1, -0.05) is 5.21 Å². The summed E-state index contributed by atoms with van der Waals surface area (Å²) in [6.07, 6.45) is 1.67. The number of ether oxygens (including phenoxy) is 4. The SMILES string of the molecule is COc1cc(-c2cnnn2-c2ccc(N(C)C)cc2)c(OC)c(OC)c1OC. The Kier molecular flexibility index (Phi) is 5.58. The van der Waals surface area contributed by atoms with E-state index in [1.165, 1.54) is 0 Å². The van der Waals surface area contributed by atoms with Crippen LogP contribution in [-0.4, -0.2) is 57.5 Å². The lowest BCUT2D eigenvalue weighted by atomic mass is 10.1. The third kappa shape index (κ3) is 3.28. The third-order valence-electron chi connectivity index (χ3n) is 4.42. The number of hydrogen-bond acceptors (Lipinski definition) is 7. The van der Waals surface area contributed by atoms with Crippen molar-refractivity contribution in [1.82, 2.24) is 15.0 Å². The van der Waals surface area contributed by atoms with Crippen LogP contribution in [0.2, 0.25) is 0 Å². The molecule has 3 aromatic rings. The highest BCUT2D eigenvalue weighted by atomic mass is 16.5. The summed E-state index contributed by atoms with van der Waals surface area (Å²) in [5, 5.41) is 8.35. The van der Waals surface area contributed by atoms with E-state index in [-0.39, 0.29) is 0 Å². The standard InChI is InChI=1S/C20H24N4O4/c1-23(2)13-7-9-14(10-8-13)24-16(12-21-22-24)15-11-17(25-3)19(27-5)20(28-6)18(15)26-4/h7-12H,1-6H3. The minimum atomic E-state index is 0.440. The van der Waals surface area contributed by atoms with Gasteiger partial charge in [-0.25, -0.2) is 4.68 Å². The summed E-state index contributed by atoms with van der Waals surface area (Å²) in [5.74, 6) is 1.93. The topological polar surface area (TPSA) is 70.9 Å². The molecule has 148 valence electrons. The molecule has 0 spiro atoms. The molecule has 1 heterocycles. The Labute approximate surface area is 164 Å². The first kappa shape index (κ1) is 19.3. The van der Waals surface area contributed by atoms with Gasteiger partial charge in [-0.2, -0.15) is 0 Å². The maximum Gasteiger partial charge on any atom is 0.207 e. The lowest BCUT2D eigenvalue weighted by Gasteiger charge is -2.19. The predicted molar refractivity (Wildman–Crippen MR) is 107 cm³/mol.